The second kappa shape index (κ2) is 6.22. The van der Waals surface area contributed by atoms with Crippen LogP contribution in [-0.4, -0.2) is 25.0 Å². The average Bonchev–Trinajstić information content (AvgIpc) is 2.89. The van der Waals surface area contributed by atoms with Gasteiger partial charge in [0.05, 0.1) is 12.0 Å². The number of methoxy groups -OCH3 is 1. The molecule has 6 heteroatoms. The fourth-order valence-corrected chi connectivity index (χ4v) is 2.95. The zero-order valence-electron chi connectivity index (χ0n) is 12.0. The Morgan fingerprint density at radius 3 is 2.62 bits per heavy atom. The zero-order chi connectivity index (χ0) is 15.6. The number of fused-ring (bicyclic) bond motifs is 1. The number of thiophene rings is 1. The Morgan fingerprint density at radius 2 is 2.05 bits per heavy atom. The second-order valence-corrected chi connectivity index (χ2v) is 6.06. The van der Waals surface area contributed by atoms with Crippen LogP contribution in [0.15, 0.2) is 24.3 Å². The van der Waals surface area contributed by atoms with Crippen molar-refractivity contribution in [3.05, 3.63) is 35.0 Å². The number of esters is 1. The van der Waals surface area contributed by atoms with Crippen LogP contribution in [0.1, 0.15) is 23.5 Å². The highest BCUT2D eigenvalue weighted by Gasteiger charge is 2.26. The fraction of sp³-hybridized carbons (Fsp3) is 0.333. The number of hydrogen-bond donors (Lipinski definition) is 1. The molecule has 2 aromatic rings. The first-order chi connectivity index (χ1) is 9.93. The van der Waals surface area contributed by atoms with Crippen LogP contribution in [0.2, 0.25) is 0 Å². The van der Waals surface area contributed by atoms with E-state index in [1.165, 1.54) is 30.6 Å². The third kappa shape index (κ3) is 3.21. The average molecular weight is 309 g/mol. The molecule has 0 saturated carbocycles. The normalized spacial score (nSPS) is 12.4. The summed E-state index contributed by atoms with van der Waals surface area (Å²) in [6.45, 7) is 3.62. The number of amides is 1. The summed E-state index contributed by atoms with van der Waals surface area (Å²) < 4.78 is 19.0. The van der Waals surface area contributed by atoms with Crippen LogP contribution in [-0.2, 0) is 9.53 Å². The van der Waals surface area contributed by atoms with Crippen LogP contribution in [0.3, 0.4) is 0 Å². The van der Waals surface area contributed by atoms with Gasteiger partial charge < -0.3 is 10.1 Å². The van der Waals surface area contributed by atoms with Gasteiger partial charge in [-0.1, -0.05) is 19.9 Å². The molecule has 0 aliphatic heterocycles. The number of halogens is 1. The lowest BCUT2D eigenvalue weighted by Crippen LogP contribution is -2.44. The van der Waals surface area contributed by atoms with Crippen LogP contribution in [0.25, 0.3) is 10.1 Å². The minimum absolute atomic E-state index is 0.104. The molecule has 1 N–H and O–H groups in total. The molecule has 1 amide bonds. The van der Waals surface area contributed by atoms with Crippen molar-refractivity contribution in [3.63, 3.8) is 0 Å². The lowest BCUT2D eigenvalue weighted by molar-refractivity contribution is -0.144. The fourth-order valence-electron chi connectivity index (χ4n) is 1.97. The largest absolute Gasteiger partial charge is 0.467 e. The number of benzene rings is 1. The van der Waals surface area contributed by atoms with Gasteiger partial charge >= 0.3 is 5.97 Å². The zero-order valence-corrected chi connectivity index (χ0v) is 12.8. The molecular weight excluding hydrogens is 293 g/mol. The molecule has 0 radical (unpaired) electrons. The number of rotatable bonds is 4. The van der Waals surface area contributed by atoms with Crippen LogP contribution >= 0.6 is 11.3 Å². The molecule has 0 fully saturated rings. The molecule has 2 rings (SSSR count). The van der Waals surface area contributed by atoms with Crippen molar-refractivity contribution < 1.29 is 18.7 Å². The molecule has 0 unspecified atom stereocenters. The monoisotopic (exact) mass is 309 g/mol. The first kappa shape index (κ1) is 15.4. The molecule has 1 aromatic heterocycles. The van der Waals surface area contributed by atoms with Gasteiger partial charge in [0.2, 0.25) is 0 Å². The van der Waals surface area contributed by atoms with E-state index in [-0.39, 0.29) is 11.7 Å². The van der Waals surface area contributed by atoms with Crippen molar-refractivity contribution in [2.24, 2.45) is 5.92 Å². The summed E-state index contributed by atoms with van der Waals surface area (Å²) in [7, 11) is 1.28. The Balaban J connectivity index is 2.25. The van der Waals surface area contributed by atoms with Gasteiger partial charge in [0.15, 0.2) is 0 Å². The van der Waals surface area contributed by atoms with E-state index in [2.05, 4.69) is 10.1 Å². The van der Waals surface area contributed by atoms with Crippen molar-refractivity contribution in [2.75, 3.05) is 7.11 Å². The van der Waals surface area contributed by atoms with Crippen molar-refractivity contribution in [1.29, 1.82) is 0 Å². The Hall–Kier alpha value is -1.95. The van der Waals surface area contributed by atoms with Crippen molar-refractivity contribution in [2.45, 2.75) is 19.9 Å². The van der Waals surface area contributed by atoms with Crippen LogP contribution < -0.4 is 5.32 Å². The molecule has 4 nitrogen and oxygen atoms in total. The molecule has 0 spiro atoms. The number of carbonyl (C=O) groups excluding carboxylic acids is 2. The second-order valence-electron chi connectivity index (χ2n) is 4.98. The smallest absolute Gasteiger partial charge is 0.328 e. The molecule has 21 heavy (non-hydrogen) atoms. The maximum Gasteiger partial charge on any atom is 0.328 e. The Morgan fingerprint density at radius 1 is 1.33 bits per heavy atom. The van der Waals surface area contributed by atoms with Gasteiger partial charge in [-0.15, -0.1) is 11.3 Å². The number of ether oxygens (including phenoxy) is 1. The van der Waals surface area contributed by atoms with Gasteiger partial charge in [-0.05, 0) is 24.1 Å². The van der Waals surface area contributed by atoms with Gasteiger partial charge in [0.25, 0.3) is 5.91 Å². The highest BCUT2D eigenvalue weighted by Crippen LogP contribution is 2.27. The van der Waals surface area contributed by atoms with Crippen molar-refractivity contribution in [1.82, 2.24) is 5.32 Å². The molecule has 0 bridgehead atoms. The number of carbonyl (C=O) groups is 2. The summed E-state index contributed by atoms with van der Waals surface area (Å²) >= 11 is 1.19. The van der Waals surface area contributed by atoms with E-state index in [1.54, 1.807) is 12.1 Å². The van der Waals surface area contributed by atoms with Crippen LogP contribution in [0.4, 0.5) is 4.39 Å². The Kier molecular flexibility index (Phi) is 4.57. The van der Waals surface area contributed by atoms with Gasteiger partial charge in [0, 0.05) is 10.1 Å². The van der Waals surface area contributed by atoms with E-state index in [1.807, 2.05) is 13.8 Å². The third-order valence-corrected chi connectivity index (χ3v) is 4.24. The summed E-state index contributed by atoms with van der Waals surface area (Å²) in [6, 6.07) is 5.47. The lowest BCUT2D eigenvalue weighted by atomic mass is 10.0. The molecule has 1 heterocycles. The van der Waals surface area contributed by atoms with Crippen LogP contribution in [0, 0.1) is 11.7 Å². The summed E-state index contributed by atoms with van der Waals surface area (Å²) in [5.41, 5.74) is 0. The maximum atomic E-state index is 13.6. The third-order valence-electron chi connectivity index (χ3n) is 3.14. The quantitative estimate of drug-likeness (QED) is 0.883. The van der Waals surface area contributed by atoms with Gasteiger partial charge in [-0.3, -0.25) is 4.79 Å². The molecule has 1 atom stereocenters. The Labute approximate surface area is 125 Å². The van der Waals surface area contributed by atoms with E-state index >= 15 is 0 Å². The van der Waals surface area contributed by atoms with Crippen molar-refractivity contribution >= 4 is 33.3 Å². The number of nitrogens with one attached hydrogen (secondary N) is 1. The summed E-state index contributed by atoms with van der Waals surface area (Å²) in [6.07, 6.45) is 0. The predicted octanol–water partition coefficient (Wildman–Crippen LogP) is 2.97. The molecule has 0 saturated heterocycles. The van der Waals surface area contributed by atoms with Gasteiger partial charge in [0.1, 0.15) is 11.9 Å². The first-order valence-corrected chi connectivity index (χ1v) is 7.32. The van der Waals surface area contributed by atoms with E-state index in [0.717, 1.165) is 0 Å². The molecular formula is C15H16FNO3S. The van der Waals surface area contributed by atoms with E-state index in [9.17, 15) is 14.0 Å². The van der Waals surface area contributed by atoms with Gasteiger partial charge in [-0.2, -0.15) is 0 Å². The molecule has 0 aliphatic rings. The van der Waals surface area contributed by atoms with E-state index in [4.69, 9.17) is 0 Å². The lowest BCUT2D eigenvalue weighted by Gasteiger charge is -2.19. The standard InChI is InChI=1S/C15H16FNO3S/c1-8(2)13(15(19)20-3)17-14(18)12-7-9-10(16)5-4-6-11(9)21-12/h4-8,13H,1-3H3,(H,17,18)/t13-/m0/s1. The molecule has 112 valence electrons. The van der Waals surface area contributed by atoms with E-state index < -0.39 is 17.9 Å². The summed E-state index contributed by atoms with van der Waals surface area (Å²) in [5.74, 6) is -1.37. The highest BCUT2D eigenvalue weighted by molar-refractivity contribution is 7.20. The topological polar surface area (TPSA) is 55.4 Å². The van der Waals surface area contributed by atoms with E-state index in [0.29, 0.717) is 15.0 Å². The molecule has 0 aliphatic carbocycles. The summed E-state index contributed by atoms with van der Waals surface area (Å²) in [4.78, 5) is 24.2. The minimum Gasteiger partial charge on any atom is -0.467 e. The molecule has 1 aromatic carbocycles. The van der Waals surface area contributed by atoms with Crippen molar-refractivity contribution in [3.8, 4) is 0 Å². The van der Waals surface area contributed by atoms with Gasteiger partial charge in [-0.25, -0.2) is 9.18 Å². The minimum atomic E-state index is -0.724. The first-order valence-electron chi connectivity index (χ1n) is 6.50. The maximum absolute atomic E-state index is 13.6. The SMILES string of the molecule is COC(=O)[C@@H](NC(=O)c1cc2c(F)cccc2s1)C(C)C. The number of hydrogen-bond acceptors (Lipinski definition) is 4. The predicted molar refractivity (Wildman–Crippen MR) is 79.9 cm³/mol. The Bertz CT molecular complexity index is 681. The highest BCUT2D eigenvalue weighted by atomic mass is 32.1. The summed E-state index contributed by atoms with van der Waals surface area (Å²) in [5, 5.41) is 3.05. The van der Waals surface area contributed by atoms with Crippen LogP contribution in [0.5, 0.6) is 0 Å².